The van der Waals surface area contributed by atoms with Crippen molar-refractivity contribution in [2.75, 3.05) is 0 Å². The highest BCUT2D eigenvalue weighted by atomic mass is 16.5. The number of carbonyl (C=O) groups excluding carboxylic acids is 1. The van der Waals surface area contributed by atoms with Crippen LogP contribution in [0.2, 0.25) is 0 Å². The third kappa shape index (κ3) is 13.6. The van der Waals surface area contributed by atoms with E-state index in [1.807, 2.05) is 55.4 Å². The summed E-state index contributed by atoms with van der Waals surface area (Å²) in [5.74, 6) is 0.759. The molecule has 0 aromatic heterocycles. The van der Waals surface area contributed by atoms with Crippen LogP contribution in [-0.2, 0) is 9.53 Å². The van der Waals surface area contributed by atoms with Crippen LogP contribution in [0.15, 0.2) is 0 Å². The third-order valence-corrected chi connectivity index (χ3v) is 1.68. The highest BCUT2D eigenvalue weighted by Crippen LogP contribution is 2.03. The number of Topliss-reactive ketones (excluding diaryl/α,β-unsaturated/α-hetero) is 1. The van der Waals surface area contributed by atoms with Crippen molar-refractivity contribution in [2.24, 2.45) is 11.8 Å². The van der Waals surface area contributed by atoms with Crippen molar-refractivity contribution in [1.82, 2.24) is 0 Å². The summed E-state index contributed by atoms with van der Waals surface area (Å²) in [7, 11) is 0. The van der Waals surface area contributed by atoms with Crippen LogP contribution in [0.3, 0.4) is 0 Å². The van der Waals surface area contributed by atoms with Gasteiger partial charge in [-0.15, -0.1) is 0 Å². The van der Waals surface area contributed by atoms with Crippen LogP contribution in [0.5, 0.6) is 0 Å². The monoisotopic (exact) mass is 216 g/mol. The fraction of sp³-hybridized carbons (Fsp3) is 0.923. The minimum atomic E-state index is 0.204. The normalized spacial score (nSPS) is 10.9. The van der Waals surface area contributed by atoms with Crippen molar-refractivity contribution in [3.63, 3.8) is 0 Å². The first-order valence-electron chi connectivity index (χ1n) is 5.87. The minimum Gasteiger partial charge on any atom is -0.376 e. The van der Waals surface area contributed by atoms with Gasteiger partial charge in [-0.05, 0) is 27.7 Å². The van der Waals surface area contributed by atoms with Gasteiger partial charge in [-0.3, -0.25) is 4.79 Å². The molecule has 2 heteroatoms. The molecule has 0 heterocycles. The lowest BCUT2D eigenvalue weighted by Gasteiger charge is -2.09. The Labute approximate surface area is 95.4 Å². The van der Waals surface area contributed by atoms with Crippen molar-refractivity contribution in [2.45, 2.75) is 67.6 Å². The molecule has 0 aromatic carbocycles. The molecule has 0 saturated heterocycles. The third-order valence-electron chi connectivity index (χ3n) is 1.68. The van der Waals surface area contributed by atoms with E-state index in [1.54, 1.807) is 0 Å². The second kappa shape index (κ2) is 8.90. The van der Waals surface area contributed by atoms with E-state index in [2.05, 4.69) is 0 Å². The first-order chi connectivity index (χ1) is 6.68. The number of hydrogen-bond acceptors (Lipinski definition) is 2. The second-order valence-electron chi connectivity index (χ2n) is 4.95. The van der Waals surface area contributed by atoms with E-state index in [1.165, 1.54) is 0 Å². The zero-order valence-electron chi connectivity index (χ0n) is 11.6. The van der Waals surface area contributed by atoms with Gasteiger partial charge in [0.15, 0.2) is 0 Å². The van der Waals surface area contributed by atoms with Gasteiger partial charge in [0.25, 0.3) is 0 Å². The lowest BCUT2D eigenvalue weighted by Crippen LogP contribution is -2.13. The topological polar surface area (TPSA) is 26.3 Å². The standard InChI is InChI=1S/C7H14O.C6H14O/c1-5(2)7(8)6(3)4;1-5(2)7-6(3)4/h5-6H,1-4H3;5-6H,1-4H3. The van der Waals surface area contributed by atoms with E-state index < -0.39 is 0 Å². The Bertz CT molecular complexity index is 142. The summed E-state index contributed by atoms with van der Waals surface area (Å²) in [6, 6.07) is 0. The molecule has 0 atom stereocenters. The average Bonchev–Trinajstić information content (AvgIpc) is 2.00. The largest absolute Gasteiger partial charge is 0.376 e. The molecule has 0 saturated carbocycles. The predicted molar refractivity (Wildman–Crippen MR) is 66.0 cm³/mol. The Kier molecular flexibility index (Phi) is 10.1. The van der Waals surface area contributed by atoms with Crippen molar-refractivity contribution in [3.8, 4) is 0 Å². The zero-order valence-corrected chi connectivity index (χ0v) is 11.6. The summed E-state index contributed by atoms with van der Waals surface area (Å²) >= 11 is 0. The van der Waals surface area contributed by atoms with Crippen molar-refractivity contribution in [3.05, 3.63) is 0 Å². The maximum atomic E-state index is 10.8. The van der Waals surface area contributed by atoms with E-state index >= 15 is 0 Å². The van der Waals surface area contributed by atoms with Gasteiger partial charge in [0.05, 0.1) is 12.2 Å². The number of ketones is 1. The van der Waals surface area contributed by atoms with Crippen LogP contribution in [0.1, 0.15) is 55.4 Å². The quantitative estimate of drug-likeness (QED) is 0.716. The van der Waals surface area contributed by atoms with E-state index in [4.69, 9.17) is 4.74 Å². The molecule has 0 aromatic rings. The zero-order chi connectivity index (χ0) is 12.6. The Morgan fingerprint density at radius 1 is 0.733 bits per heavy atom. The lowest BCUT2D eigenvalue weighted by molar-refractivity contribution is -0.124. The van der Waals surface area contributed by atoms with Crippen molar-refractivity contribution >= 4 is 5.78 Å². The average molecular weight is 216 g/mol. The van der Waals surface area contributed by atoms with Gasteiger partial charge in [0.1, 0.15) is 5.78 Å². The Morgan fingerprint density at radius 2 is 1.00 bits per heavy atom. The van der Waals surface area contributed by atoms with E-state index in [0.29, 0.717) is 18.0 Å². The first kappa shape index (κ1) is 17.0. The Balaban J connectivity index is 0. The van der Waals surface area contributed by atoms with Crippen molar-refractivity contribution in [1.29, 1.82) is 0 Å². The van der Waals surface area contributed by atoms with Crippen LogP contribution in [0.4, 0.5) is 0 Å². The molecule has 0 unspecified atom stereocenters. The summed E-state index contributed by atoms with van der Waals surface area (Å²) in [6.45, 7) is 15.9. The fourth-order valence-corrected chi connectivity index (χ4v) is 1.21. The summed E-state index contributed by atoms with van der Waals surface area (Å²) in [4.78, 5) is 10.8. The molecule has 0 fully saturated rings. The maximum absolute atomic E-state index is 10.8. The van der Waals surface area contributed by atoms with Gasteiger partial charge in [-0.1, -0.05) is 27.7 Å². The molecule has 0 aliphatic rings. The molecule has 2 nitrogen and oxygen atoms in total. The van der Waals surface area contributed by atoms with Crippen LogP contribution in [0.25, 0.3) is 0 Å². The van der Waals surface area contributed by atoms with Gasteiger partial charge in [-0.2, -0.15) is 0 Å². The maximum Gasteiger partial charge on any atom is 0.137 e. The molecule has 0 aliphatic carbocycles. The minimum absolute atomic E-state index is 0.204. The van der Waals surface area contributed by atoms with E-state index in [-0.39, 0.29) is 11.8 Å². The van der Waals surface area contributed by atoms with Crippen LogP contribution < -0.4 is 0 Å². The highest BCUT2D eigenvalue weighted by molar-refractivity contribution is 5.81. The van der Waals surface area contributed by atoms with Crippen LogP contribution in [0, 0.1) is 11.8 Å². The van der Waals surface area contributed by atoms with Gasteiger partial charge in [0, 0.05) is 11.8 Å². The van der Waals surface area contributed by atoms with E-state index in [9.17, 15) is 4.79 Å². The Morgan fingerprint density at radius 3 is 1.00 bits per heavy atom. The Hall–Kier alpha value is -0.370. The number of carbonyl (C=O) groups is 1. The molecular weight excluding hydrogens is 188 g/mol. The molecule has 0 N–H and O–H groups in total. The highest BCUT2D eigenvalue weighted by Gasteiger charge is 2.09. The molecule has 0 spiro atoms. The molecular formula is C13H28O2. The SMILES string of the molecule is CC(C)C(=O)C(C)C.CC(C)OC(C)C. The molecule has 0 bridgehead atoms. The van der Waals surface area contributed by atoms with Gasteiger partial charge in [-0.25, -0.2) is 0 Å². The summed E-state index contributed by atoms with van der Waals surface area (Å²) in [5, 5.41) is 0. The number of hydrogen-bond donors (Lipinski definition) is 0. The predicted octanol–water partition coefficient (Wildman–Crippen LogP) is 3.69. The fourth-order valence-electron chi connectivity index (χ4n) is 1.21. The van der Waals surface area contributed by atoms with Gasteiger partial charge >= 0.3 is 0 Å². The number of ether oxygens (including phenoxy) is 1. The smallest absolute Gasteiger partial charge is 0.137 e. The summed E-state index contributed by atoms with van der Waals surface area (Å²) in [6.07, 6.45) is 0.750. The molecule has 92 valence electrons. The van der Waals surface area contributed by atoms with Gasteiger partial charge in [0.2, 0.25) is 0 Å². The molecule has 0 rings (SSSR count). The van der Waals surface area contributed by atoms with Crippen LogP contribution >= 0.6 is 0 Å². The molecule has 0 amide bonds. The molecule has 0 radical (unpaired) electrons. The number of rotatable bonds is 4. The van der Waals surface area contributed by atoms with Crippen LogP contribution in [-0.4, -0.2) is 18.0 Å². The van der Waals surface area contributed by atoms with E-state index in [0.717, 1.165) is 0 Å². The molecule has 15 heavy (non-hydrogen) atoms. The second-order valence-corrected chi connectivity index (χ2v) is 4.95. The lowest BCUT2D eigenvalue weighted by atomic mass is 9.99. The summed E-state index contributed by atoms with van der Waals surface area (Å²) < 4.78 is 5.25. The van der Waals surface area contributed by atoms with Gasteiger partial charge < -0.3 is 4.74 Å². The van der Waals surface area contributed by atoms with Crippen molar-refractivity contribution < 1.29 is 9.53 Å². The first-order valence-corrected chi connectivity index (χ1v) is 5.87. The summed E-state index contributed by atoms with van der Waals surface area (Å²) in [5.41, 5.74) is 0. The molecule has 0 aliphatic heterocycles.